The van der Waals surface area contributed by atoms with E-state index in [-0.39, 0.29) is 51.7 Å². The van der Waals surface area contributed by atoms with Crippen molar-refractivity contribution < 1.29 is 28.6 Å². The van der Waals surface area contributed by atoms with Crippen LogP contribution in [0.2, 0.25) is 0 Å². The number of carbonyl (C=O) groups is 2. The minimum atomic E-state index is -1.38. The van der Waals surface area contributed by atoms with Gasteiger partial charge in [0.2, 0.25) is 5.12 Å². The van der Waals surface area contributed by atoms with Crippen molar-refractivity contribution in [1.82, 2.24) is 9.78 Å². The van der Waals surface area contributed by atoms with Gasteiger partial charge in [-0.25, -0.2) is 9.07 Å². The minimum absolute atomic E-state index is 0.00901. The van der Waals surface area contributed by atoms with Gasteiger partial charge in [0.25, 0.3) is 0 Å². The molecule has 5 aliphatic rings. The third-order valence-corrected chi connectivity index (χ3v) is 12.9. The van der Waals surface area contributed by atoms with Gasteiger partial charge in [0.05, 0.1) is 41.4 Å². The number of allylic oxidation sites excluding steroid dienone is 1. The van der Waals surface area contributed by atoms with E-state index >= 15 is 0 Å². The van der Waals surface area contributed by atoms with Gasteiger partial charge in [0.1, 0.15) is 5.82 Å². The van der Waals surface area contributed by atoms with E-state index in [1.165, 1.54) is 17.7 Å². The number of hydrogen-bond acceptors (Lipinski definition) is 8. The lowest BCUT2D eigenvalue weighted by atomic mass is 9.45. The van der Waals surface area contributed by atoms with Crippen molar-refractivity contribution in [3.05, 3.63) is 53.1 Å². The lowest BCUT2D eigenvalue weighted by molar-refractivity contribution is -0.200. The van der Waals surface area contributed by atoms with Crippen LogP contribution in [0.1, 0.15) is 70.1 Å². The van der Waals surface area contributed by atoms with Gasteiger partial charge >= 0.3 is 5.97 Å². The maximum Gasteiger partial charge on any atom is 0.310 e. The van der Waals surface area contributed by atoms with Crippen molar-refractivity contribution in [2.75, 3.05) is 19.0 Å². The van der Waals surface area contributed by atoms with Crippen molar-refractivity contribution >= 4 is 28.9 Å². The zero-order valence-corrected chi connectivity index (χ0v) is 26.7. The maximum absolute atomic E-state index is 14.0. The van der Waals surface area contributed by atoms with Crippen LogP contribution < -0.4 is 0 Å². The number of aliphatic hydroxyl groups is 1. The second-order valence-corrected chi connectivity index (χ2v) is 15.1. The molecule has 3 saturated carbocycles. The molecule has 2 aromatic rings. The Labute approximate surface area is 267 Å². The summed E-state index contributed by atoms with van der Waals surface area (Å²) in [4.78, 5) is 27.6. The normalized spacial score (nSPS) is 35.7. The highest BCUT2D eigenvalue weighted by atomic mass is 32.2. The summed E-state index contributed by atoms with van der Waals surface area (Å²) in [6, 6.07) is 8.40. The van der Waals surface area contributed by atoms with Gasteiger partial charge in [-0.15, -0.1) is 0 Å². The first-order valence-corrected chi connectivity index (χ1v) is 17.2. The molecule has 2 heterocycles. The first kappa shape index (κ1) is 30.6. The molecule has 7 rings (SSSR count). The van der Waals surface area contributed by atoms with Crippen LogP contribution in [-0.4, -0.2) is 56.6 Å². The number of nitrogens with zero attached hydrogens (tertiary/aromatic N) is 3. The summed E-state index contributed by atoms with van der Waals surface area (Å²) < 4.78 is 27.3. The maximum atomic E-state index is 14.0. The van der Waals surface area contributed by atoms with Crippen LogP contribution in [0.15, 0.2) is 36.0 Å². The van der Waals surface area contributed by atoms with E-state index in [1.807, 2.05) is 17.8 Å². The van der Waals surface area contributed by atoms with Gasteiger partial charge < -0.3 is 14.6 Å². The van der Waals surface area contributed by atoms with E-state index in [9.17, 15) is 24.3 Å². The molecular formula is C35H40FN3O5S. The number of fused-ring (bicyclic) bond motifs is 6. The predicted octanol–water partition coefficient (Wildman–Crippen LogP) is 5.66. The molecule has 0 spiro atoms. The number of hydrogen-bond donors (Lipinski definition) is 1. The molecule has 1 saturated heterocycles. The molecule has 0 bridgehead atoms. The van der Waals surface area contributed by atoms with E-state index in [4.69, 9.17) is 9.47 Å². The fourth-order valence-electron chi connectivity index (χ4n) is 9.91. The molecule has 4 fully saturated rings. The quantitative estimate of drug-likeness (QED) is 0.420. The SMILES string of the molecule is C[C@]12C[C@H](O)[C@H]3[C@@H](CCC4=Cc5c(cnn5-c5ccc(F)cc5)C[C@]43C)[C@@H]1CC[C@]2(OC(=O)C1CCOCC1)C(=O)SCC#N. The van der Waals surface area contributed by atoms with E-state index in [0.717, 1.165) is 54.4 Å². The molecule has 0 amide bonds. The Bertz CT molecular complexity index is 1580. The highest BCUT2D eigenvalue weighted by Crippen LogP contribution is 2.69. The van der Waals surface area contributed by atoms with Crippen LogP contribution in [-0.2, 0) is 25.5 Å². The van der Waals surface area contributed by atoms with Crippen LogP contribution in [0.3, 0.4) is 0 Å². The number of rotatable bonds is 5. The van der Waals surface area contributed by atoms with Gasteiger partial charge in [0.15, 0.2) is 5.60 Å². The molecule has 45 heavy (non-hydrogen) atoms. The number of aliphatic hydroxyl groups excluding tert-OH is 1. The molecule has 7 atom stereocenters. The second kappa shape index (κ2) is 11.4. The smallest absolute Gasteiger partial charge is 0.310 e. The summed E-state index contributed by atoms with van der Waals surface area (Å²) in [5.74, 6) is -0.772. The number of aromatic nitrogens is 2. The molecule has 1 N–H and O–H groups in total. The zero-order chi connectivity index (χ0) is 31.6. The van der Waals surface area contributed by atoms with Crippen LogP contribution in [0, 0.1) is 51.6 Å². The van der Waals surface area contributed by atoms with E-state index in [2.05, 4.69) is 24.2 Å². The predicted molar refractivity (Wildman–Crippen MR) is 166 cm³/mol. The van der Waals surface area contributed by atoms with E-state index in [0.29, 0.717) is 38.9 Å². The molecule has 238 valence electrons. The first-order valence-electron chi connectivity index (χ1n) is 16.2. The van der Waals surface area contributed by atoms with Crippen molar-refractivity contribution in [3.63, 3.8) is 0 Å². The van der Waals surface area contributed by atoms with Gasteiger partial charge in [-0.3, -0.25) is 9.59 Å². The summed E-state index contributed by atoms with van der Waals surface area (Å²) in [5, 5.41) is 25.8. The number of halogens is 1. The summed E-state index contributed by atoms with van der Waals surface area (Å²) in [6.07, 6.45) is 8.49. The molecule has 8 nitrogen and oxygen atoms in total. The van der Waals surface area contributed by atoms with Crippen LogP contribution >= 0.6 is 11.8 Å². The lowest BCUT2D eigenvalue weighted by Crippen LogP contribution is -2.62. The monoisotopic (exact) mass is 633 g/mol. The number of carbonyl (C=O) groups excluding carboxylic acids is 2. The number of esters is 1. The van der Waals surface area contributed by atoms with E-state index < -0.39 is 17.1 Å². The van der Waals surface area contributed by atoms with Crippen molar-refractivity contribution in [1.29, 1.82) is 5.26 Å². The molecule has 1 aromatic carbocycles. The molecule has 0 unspecified atom stereocenters. The van der Waals surface area contributed by atoms with Gasteiger partial charge in [-0.2, -0.15) is 10.4 Å². The van der Waals surface area contributed by atoms with Gasteiger partial charge in [-0.1, -0.05) is 31.2 Å². The standard InChI is InChI=1S/C35H40FN3O5S/c1-33-18-22-20-38-39(25-6-4-24(36)5-7-25)28(22)17-23(33)3-8-26-27-9-12-35(32(42)45-16-13-37,34(27,2)19-29(40)30(26)33)44-31(41)21-10-14-43-15-11-21/h4-7,17,20-21,26-27,29-30,40H,3,8-12,14-16,18-19H2,1-2H3/t26-,27-,29-,30+,33+,34-,35-/m0/s1. The Hall–Kier alpha value is -3.00. The summed E-state index contributed by atoms with van der Waals surface area (Å²) in [7, 11) is 0. The summed E-state index contributed by atoms with van der Waals surface area (Å²) in [5.41, 5.74) is 1.77. The lowest BCUT2D eigenvalue weighted by Gasteiger charge is -2.60. The highest BCUT2D eigenvalue weighted by Gasteiger charge is 2.70. The van der Waals surface area contributed by atoms with Crippen LogP contribution in [0.25, 0.3) is 11.8 Å². The summed E-state index contributed by atoms with van der Waals surface area (Å²) >= 11 is 0.934. The number of ether oxygens (including phenoxy) is 2. The average Bonchev–Trinajstić information content (AvgIpc) is 3.56. The Kier molecular flexibility index (Phi) is 7.73. The largest absolute Gasteiger partial charge is 0.449 e. The average molecular weight is 634 g/mol. The Morgan fingerprint density at radius 1 is 1.20 bits per heavy atom. The summed E-state index contributed by atoms with van der Waals surface area (Å²) in [6.45, 7) is 5.29. The topological polar surface area (TPSA) is 114 Å². The van der Waals surface area contributed by atoms with E-state index in [1.54, 1.807) is 12.1 Å². The first-order chi connectivity index (χ1) is 21.6. The fraction of sp³-hybridized carbons (Fsp3) is 0.600. The Morgan fingerprint density at radius 3 is 2.69 bits per heavy atom. The minimum Gasteiger partial charge on any atom is -0.449 e. The molecule has 10 heteroatoms. The Balaban J connectivity index is 1.21. The number of benzene rings is 1. The third kappa shape index (κ3) is 4.72. The van der Waals surface area contributed by atoms with Gasteiger partial charge in [-0.05, 0) is 110 Å². The van der Waals surface area contributed by atoms with Crippen LogP contribution in [0.5, 0.6) is 0 Å². The Morgan fingerprint density at radius 2 is 1.96 bits per heavy atom. The highest BCUT2D eigenvalue weighted by molar-refractivity contribution is 8.14. The van der Waals surface area contributed by atoms with Crippen LogP contribution in [0.4, 0.5) is 4.39 Å². The number of nitriles is 1. The van der Waals surface area contributed by atoms with Crippen molar-refractivity contribution in [2.24, 2.45) is 34.5 Å². The fourth-order valence-corrected chi connectivity index (χ4v) is 10.7. The molecule has 1 aliphatic heterocycles. The second-order valence-electron chi connectivity index (χ2n) is 14.1. The third-order valence-electron chi connectivity index (χ3n) is 12.0. The van der Waals surface area contributed by atoms with Gasteiger partial charge in [0, 0.05) is 18.6 Å². The van der Waals surface area contributed by atoms with Crippen molar-refractivity contribution in [3.8, 4) is 11.8 Å². The van der Waals surface area contributed by atoms with Crippen molar-refractivity contribution in [2.45, 2.75) is 76.9 Å². The molecule has 0 radical (unpaired) electrons. The number of thioether (sulfide) groups is 1. The zero-order valence-electron chi connectivity index (χ0n) is 25.8. The molecule has 4 aliphatic carbocycles. The molecular weight excluding hydrogens is 593 g/mol. The molecule has 1 aromatic heterocycles.